The van der Waals surface area contributed by atoms with Gasteiger partial charge < -0.3 is 9.47 Å². The van der Waals surface area contributed by atoms with Gasteiger partial charge in [-0.1, -0.05) is 53.7 Å². The fourth-order valence-corrected chi connectivity index (χ4v) is 9.57. The summed E-state index contributed by atoms with van der Waals surface area (Å²) < 4.78 is 12.5. The molecule has 4 saturated carbocycles. The van der Waals surface area contributed by atoms with Crippen LogP contribution in [0.1, 0.15) is 99.8 Å². The summed E-state index contributed by atoms with van der Waals surface area (Å²) in [7, 11) is 0. The zero-order chi connectivity index (χ0) is 23.8. The number of hydrogen-bond acceptors (Lipinski definition) is 3. The molecule has 0 bridgehead atoms. The van der Waals surface area contributed by atoms with Crippen molar-refractivity contribution in [2.75, 3.05) is 0 Å². The molecule has 0 unspecified atom stereocenters. The first-order valence-corrected chi connectivity index (χ1v) is 14.1. The Morgan fingerprint density at radius 1 is 0.939 bits per heavy atom. The minimum absolute atomic E-state index is 0.118. The second-order valence-corrected chi connectivity index (χ2v) is 13.6. The van der Waals surface area contributed by atoms with Gasteiger partial charge in [-0.05, 0) is 104 Å². The number of esters is 1. The van der Waals surface area contributed by atoms with E-state index >= 15 is 0 Å². The molecule has 0 radical (unpaired) electrons. The second kappa shape index (κ2) is 8.10. The fraction of sp³-hybridized carbons (Fsp3) is 0.900. The van der Waals surface area contributed by atoms with E-state index in [-0.39, 0.29) is 17.7 Å². The summed E-state index contributed by atoms with van der Waals surface area (Å²) in [6.45, 7) is 16.2. The van der Waals surface area contributed by atoms with Crippen LogP contribution in [-0.4, -0.2) is 23.8 Å². The Hall–Kier alpha value is -0.830. The SMILES string of the molecule is CC(=O)O[C@@H]1CC[C@@]2(C)[C@H](C1)C[C@H]1O[C@]13[C@@H]1CC[C@@H]([C@H](C)/C=C/[C@H](C)C(C)C)[C@@]1(C)CC[C@@H]23. The van der Waals surface area contributed by atoms with Crippen LogP contribution >= 0.6 is 0 Å². The van der Waals surface area contributed by atoms with E-state index in [0.29, 0.717) is 46.5 Å². The zero-order valence-electron chi connectivity index (χ0n) is 22.2. The van der Waals surface area contributed by atoms with Crippen LogP contribution in [0.5, 0.6) is 0 Å². The van der Waals surface area contributed by atoms with E-state index in [1.54, 1.807) is 6.92 Å². The number of fused-ring (bicyclic) bond motifs is 3. The maximum Gasteiger partial charge on any atom is 0.302 e. The molecular weight excluding hydrogens is 408 g/mol. The molecule has 33 heavy (non-hydrogen) atoms. The van der Waals surface area contributed by atoms with Gasteiger partial charge in [0.25, 0.3) is 0 Å². The number of rotatable bonds is 5. The van der Waals surface area contributed by atoms with Crippen molar-refractivity contribution in [3.63, 3.8) is 0 Å². The van der Waals surface area contributed by atoms with Gasteiger partial charge >= 0.3 is 5.97 Å². The van der Waals surface area contributed by atoms with E-state index in [2.05, 4.69) is 53.7 Å². The number of allylic oxidation sites excluding steroid dienone is 2. The lowest BCUT2D eigenvalue weighted by molar-refractivity contribution is -0.157. The lowest BCUT2D eigenvalue weighted by Crippen LogP contribution is -2.59. The lowest BCUT2D eigenvalue weighted by Gasteiger charge is -2.59. The van der Waals surface area contributed by atoms with Crippen molar-refractivity contribution < 1.29 is 14.3 Å². The summed E-state index contributed by atoms with van der Waals surface area (Å²) in [4.78, 5) is 11.6. The summed E-state index contributed by atoms with van der Waals surface area (Å²) >= 11 is 0. The van der Waals surface area contributed by atoms with Crippen molar-refractivity contribution in [3.8, 4) is 0 Å². The summed E-state index contributed by atoms with van der Waals surface area (Å²) in [5, 5.41) is 0. The Bertz CT molecular complexity index is 802. The Morgan fingerprint density at radius 2 is 1.64 bits per heavy atom. The summed E-state index contributed by atoms with van der Waals surface area (Å²) in [6, 6.07) is 0. The number of carbonyl (C=O) groups excluding carboxylic acids is 1. The Kier molecular flexibility index (Phi) is 5.87. The van der Waals surface area contributed by atoms with Crippen molar-refractivity contribution in [2.45, 2.75) is 118 Å². The van der Waals surface area contributed by atoms with Gasteiger partial charge in [0.05, 0.1) is 6.10 Å². The van der Waals surface area contributed by atoms with Crippen LogP contribution in [0.25, 0.3) is 0 Å². The van der Waals surface area contributed by atoms with Crippen molar-refractivity contribution >= 4 is 5.97 Å². The molecule has 5 fully saturated rings. The van der Waals surface area contributed by atoms with Crippen LogP contribution in [-0.2, 0) is 14.3 Å². The Labute approximate surface area is 202 Å². The lowest BCUT2D eigenvalue weighted by atomic mass is 9.44. The van der Waals surface area contributed by atoms with Gasteiger partial charge in [-0.25, -0.2) is 0 Å². The monoisotopic (exact) mass is 456 g/mol. The molecule has 3 nitrogen and oxygen atoms in total. The van der Waals surface area contributed by atoms with Gasteiger partial charge in [0.2, 0.25) is 0 Å². The predicted molar refractivity (Wildman–Crippen MR) is 133 cm³/mol. The zero-order valence-corrected chi connectivity index (χ0v) is 22.2. The van der Waals surface area contributed by atoms with Crippen LogP contribution < -0.4 is 0 Å². The highest BCUT2D eigenvalue weighted by atomic mass is 16.6. The van der Waals surface area contributed by atoms with Gasteiger partial charge in [-0.2, -0.15) is 0 Å². The average molecular weight is 457 g/mol. The number of epoxide rings is 1. The molecule has 1 saturated heterocycles. The van der Waals surface area contributed by atoms with E-state index < -0.39 is 0 Å². The minimum Gasteiger partial charge on any atom is -0.463 e. The minimum atomic E-state index is -0.118. The molecule has 5 aliphatic rings. The molecule has 186 valence electrons. The van der Waals surface area contributed by atoms with Crippen molar-refractivity contribution in [1.82, 2.24) is 0 Å². The predicted octanol–water partition coefficient (Wildman–Crippen LogP) is 7.19. The average Bonchev–Trinajstić information content (AvgIpc) is 3.32. The third-order valence-electron chi connectivity index (χ3n) is 11.8. The van der Waals surface area contributed by atoms with E-state index in [4.69, 9.17) is 9.47 Å². The maximum absolute atomic E-state index is 11.6. The van der Waals surface area contributed by atoms with Gasteiger partial charge in [0, 0.05) is 6.92 Å². The maximum atomic E-state index is 11.6. The quantitative estimate of drug-likeness (QED) is 0.249. The van der Waals surface area contributed by atoms with Crippen molar-refractivity contribution in [1.29, 1.82) is 0 Å². The van der Waals surface area contributed by atoms with E-state index in [0.717, 1.165) is 24.7 Å². The Balaban J connectivity index is 1.34. The van der Waals surface area contributed by atoms with Crippen molar-refractivity contribution in [3.05, 3.63) is 12.2 Å². The Morgan fingerprint density at radius 3 is 2.33 bits per heavy atom. The van der Waals surface area contributed by atoms with E-state index in [9.17, 15) is 4.79 Å². The fourth-order valence-electron chi connectivity index (χ4n) is 9.57. The van der Waals surface area contributed by atoms with E-state index in [1.807, 2.05) is 0 Å². The van der Waals surface area contributed by atoms with Gasteiger partial charge in [-0.15, -0.1) is 0 Å². The summed E-state index contributed by atoms with van der Waals surface area (Å²) in [5.41, 5.74) is 0.908. The summed E-state index contributed by atoms with van der Waals surface area (Å²) in [6.07, 6.45) is 15.5. The second-order valence-electron chi connectivity index (χ2n) is 13.6. The standard InChI is InChI=1S/C30H48O3/c1-18(2)19(3)8-9-20(4)24-10-11-25-29(24,7)15-13-26-28(6)14-12-23(32-21(5)31)16-22(28)17-27-30(25,26)33-27/h8-9,18-20,22-27H,10-17H2,1-7H3/b9-8+/t19-,20+,22+,23+,24-,25+,26-,27+,28-,29+,30-/m0/s1. The summed E-state index contributed by atoms with van der Waals surface area (Å²) in [5.74, 6) is 4.73. The first-order valence-electron chi connectivity index (χ1n) is 14.1. The van der Waals surface area contributed by atoms with Crippen molar-refractivity contribution in [2.24, 2.45) is 52.3 Å². The highest BCUT2D eigenvalue weighted by Crippen LogP contribution is 2.76. The molecule has 1 aliphatic heterocycles. The molecule has 11 atom stereocenters. The van der Waals surface area contributed by atoms with Gasteiger partial charge in [-0.3, -0.25) is 4.79 Å². The largest absolute Gasteiger partial charge is 0.463 e. The molecule has 1 spiro atoms. The topological polar surface area (TPSA) is 38.8 Å². The number of carbonyl (C=O) groups is 1. The highest BCUT2D eigenvalue weighted by Gasteiger charge is 2.78. The molecule has 5 rings (SSSR count). The molecule has 0 aromatic heterocycles. The van der Waals surface area contributed by atoms with Crippen LogP contribution in [0.2, 0.25) is 0 Å². The normalized spacial score (nSPS) is 50.2. The number of ether oxygens (including phenoxy) is 2. The van der Waals surface area contributed by atoms with Gasteiger partial charge in [0.15, 0.2) is 0 Å². The first kappa shape index (κ1) is 23.9. The van der Waals surface area contributed by atoms with Crippen LogP contribution in [0.15, 0.2) is 12.2 Å². The third kappa shape index (κ3) is 3.57. The smallest absolute Gasteiger partial charge is 0.302 e. The highest BCUT2D eigenvalue weighted by molar-refractivity contribution is 5.66. The molecule has 3 heteroatoms. The molecule has 1 heterocycles. The van der Waals surface area contributed by atoms with E-state index in [1.165, 1.54) is 38.5 Å². The molecule has 0 N–H and O–H groups in total. The third-order valence-corrected chi connectivity index (χ3v) is 11.8. The number of hydrogen-bond donors (Lipinski definition) is 0. The first-order chi connectivity index (χ1) is 15.5. The molecule has 4 aliphatic carbocycles. The molecule has 0 amide bonds. The van der Waals surface area contributed by atoms with Crippen LogP contribution in [0.4, 0.5) is 0 Å². The molecule has 0 aromatic carbocycles. The van der Waals surface area contributed by atoms with Gasteiger partial charge in [0.1, 0.15) is 11.7 Å². The van der Waals surface area contributed by atoms with Crippen LogP contribution in [0, 0.1) is 52.3 Å². The molecular formula is C30H48O3. The molecule has 0 aromatic rings. The van der Waals surface area contributed by atoms with Crippen LogP contribution in [0.3, 0.4) is 0 Å².